The summed E-state index contributed by atoms with van der Waals surface area (Å²) in [7, 11) is -3.78. The van der Waals surface area contributed by atoms with Crippen molar-refractivity contribution in [1.82, 2.24) is 5.32 Å². The normalized spacial score (nSPS) is 13.1. The summed E-state index contributed by atoms with van der Waals surface area (Å²) >= 11 is 0. The van der Waals surface area contributed by atoms with Crippen LogP contribution >= 0.6 is 0 Å². The average molecular weight is 374 g/mol. The minimum Gasteiger partial charge on any atom is -0.353 e. The summed E-state index contributed by atoms with van der Waals surface area (Å²) in [4.78, 5) is 23.8. The molecule has 25 heavy (non-hydrogen) atoms. The van der Waals surface area contributed by atoms with Gasteiger partial charge in [-0.25, -0.2) is 4.79 Å². The van der Waals surface area contributed by atoms with Gasteiger partial charge < -0.3 is 5.32 Å². The maximum absolute atomic E-state index is 13.3. The second kappa shape index (κ2) is 11.2. The Kier molecular flexibility index (Phi) is 10.5. The monoisotopic (exact) mass is 373 g/mol. The van der Waals surface area contributed by atoms with Crippen LogP contribution in [0.2, 0.25) is 0 Å². The van der Waals surface area contributed by atoms with Crippen LogP contribution in [-0.4, -0.2) is 49.0 Å². The van der Waals surface area contributed by atoms with E-state index in [2.05, 4.69) is 18.5 Å². The van der Waals surface area contributed by atoms with Crippen molar-refractivity contribution in [3.8, 4) is 0 Å². The third-order valence-electron chi connectivity index (χ3n) is 4.35. The highest BCUT2D eigenvalue weighted by molar-refractivity contribution is 7.86. The Hall–Kier alpha value is -1.47. The van der Waals surface area contributed by atoms with E-state index in [4.69, 9.17) is 0 Å². The highest BCUT2D eigenvalue weighted by Gasteiger charge is 2.49. The molecule has 0 saturated carbocycles. The maximum Gasteiger partial charge on any atom is 0.353 e. The maximum atomic E-state index is 13.3. The Labute approximate surface area is 152 Å². The van der Waals surface area contributed by atoms with Crippen molar-refractivity contribution in [2.45, 2.75) is 58.1 Å². The van der Waals surface area contributed by atoms with Gasteiger partial charge in [-0.15, -0.1) is 0 Å². The number of quaternary nitrogens is 1. The van der Waals surface area contributed by atoms with Gasteiger partial charge in [-0.05, 0) is 32.3 Å². The zero-order valence-electron chi connectivity index (χ0n) is 15.8. The molecule has 0 aromatic heterocycles. The Morgan fingerprint density at radius 3 is 2.00 bits per heavy atom. The van der Waals surface area contributed by atoms with Crippen molar-refractivity contribution in [3.63, 3.8) is 0 Å². The molecule has 0 aliphatic heterocycles. The van der Waals surface area contributed by atoms with E-state index in [0.717, 1.165) is 25.0 Å². The smallest absolute Gasteiger partial charge is 0.353 e. The lowest BCUT2D eigenvalue weighted by atomic mass is 10.2. The number of amides is 2. The molecule has 0 aliphatic rings. The van der Waals surface area contributed by atoms with Gasteiger partial charge in [0.25, 0.3) is 0 Å². The van der Waals surface area contributed by atoms with Crippen LogP contribution in [0.15, 0.2) is 25.3 Å². The molecule has 1 N–H and O–H groups in total. The fraction of sp³-hybridized carbons (Fsp3) is 0.667. The van der Waals surface area contributed by atoms with E-state index < -0.39 is 25.1 Å². The third-order valence-corrected chi connectivity index (χ3v) is 7.13. The summed E-state index contributed by atoms with van der Waals surface area (Å²) < 4.78 is 26.0. The van der Waals surface area contributed by atoms with Gasteiger partial charge in [-0.3, -0.25) is 4.79 Å². The SMILES string of the molecule is C=CC(=O)NCCC(C)S(=O)(=O)[N+](CCCC)(CCCC)C(=O)C=C. The van der Waals surface area contributed by atoms with Gasteiger partial charge in [0.2, 0.25) is 5.91 Å². The van der Waals surface area contributed by atoms with Crippen LogP contribution in [0.5, 0.6) is 0 Å². The van der Waals surface area contributed by atoms with Gasteiger partial charge in [-0.1, -0.05) is 39.8 Å². The van der Waals surface area contributed by atoms with Crippen LogP contribution in [0.1, 0.15) is 52.9 Å². The van der Waals surface area contributed by atoms with Crippen LogP contribution < -0.4 is 5.32 Å². The van der Waals surface area contributed by atoms with E-state index in [1.165, 1.54) is 0 Å². The zero-order chi connectivity index (χ0) is 19.5. The Morgan fingerprint density at radius 2 is 1.60 bits per heavy atom. The minimum atomic E-state index is -3.78. The number of hydrogen-bond acceptors (Lipinski definition) is 4. The highest BCUT2D eigenvalue weighted by atomic mass is 32.2. The summed E-state index contributed by atoms with van der Waals surface area (Å²) in [5.74, 6) is -0.812. The molecule has 0 aromatic carbocycles. The summed E-state index contributed by atoms with van der Waals surface area (Å²) in [5.41, 5.74) is 0. The van der Waals surface area contributed by atoms with E-state index in [9.17, 15) is 18.0 Å². The molecule has 1 atom stereocenters. The van der Waals surface area contributed by atoms with E-state index in [1.807, 2.05) is 13.8 Å². The van der Waals surface area contributed by atoms with E-state index in [-0.39, 0.29) is 32.0 Å². The molecule has 7 heteroatoms. The first-order valence-electron chi connectivity index (χ1n) is 8.91. The molecular formula is C18H33N2O4S+. The molecule has 0 rings (SSSR count). The molecule has 2 amide bonds. The highest BCUT2D eigenvalue weighted by Crippen LogP contribution is 2.26. The van der Waals surface area contributed by atoms with Crippen molar-refractivity contribution in [3.05, 3.63) is 25.3 Å². The predicted molar refractivity (Wildman–Crippen MR) is 101 cm³/mol. The van der Waals surface area contributed by atoms with Crippen molar-refractivity contribution in [1.29, 1.82) is 0 Å². The van der Waals surface area contributed by atoms with E-state index in [1.54, 1.807) is 6.92 Å². The lowest BCUT2D eigenvalue weighted by Crippen LogP contribution is -2.60. The fourth-order valence-electron chi connectivity index (χ4n) is 2.67. The lowest BCUT2D eigenvalue weighted by Gasteiger charge is -2.35. The molecule has 0 aliphatic carbocycles. The number of nitrogens with one attached hydrogen (secondary N) is 1. The second-order valence-electron chi connectivity index (χ2n) is 6.20. The number of carbonyl (C=O) groups excluding carboxylic acids is 2. The van der Waals surface area contributed by atoms with Crippen molar-refractivity contribution in [2.24, 2.45) is 0 Å². The number of rotatable bonds is 13. The lowest BCUT2D eigenvalue weighted by molar-refractivity contribution is -0.726. The summed E-state index contributed by atoms with van der Waals surface area (Å²) in [6, 6.07) is 0. The van der Waals surface area contributed by atoms with Gasteiger partial charge in [0.1, 0.15) is 18.3 Å². The number of hydrogen-bond donors (Lipinski definition) is 1. The molecule has 0 radical (unpaired) electrons. The predicted octanol–water partition coefficient (Wildman–Crippen LogP) is 2.53. The molecule has 6 nitrogen and oxygen atoms in total. The minimum absolute atomic E-state index is 0.217. The fourth-order valence-corrected chi connectivity index (χ4v) is 4.87. The van der Waals surface area contributed by atoms with Crippen LogP contribution in [0.4, 0.5) is 0 Å². The summed E-state index contributed by atoms with van der Waals surface area (Å²) in [6.45, 7) is 13.1. The Morgan fingerprint density at radius 1 is 1.08 bits per heavy atom. The first kappa shape index (κ1) is 23.5. The molecular weight excluding hydrogens is 340 g/mol. The standard InChI is InChI=1S/C18H32N2O4S/c1-6-10-14-20(15-11-7-2,18(22)9-4)25(23,24)16(5)12-13-19-17(21)8-3/h8-9,16H,3-4,6-7,10-15H2,1-2,5H3/p+1. The second-order valence-corrected chi connectivity index (χ2v) is 8.73. The van der Waals surface area contributed by atoms with Crippen LogP contribution in [-0.2, 0) is 19.6 Å². The van der Waals surface area contributed by atoms with Gasteiger partial charge in [-0.2, -0.15) is 12.3 Å². The molecule has 1 unspecified atom stereocenters. The van der Waals surface area contributed by atoms with Crippen molar-refractivity contribution >= 4 is 21.8 Å². The van der Waals surface area contributed by atoms with E-state index >= 15 is 0 Å². The van der Waals surface area contributed by atoms with Crippen LogP contribution in [0, 0.1) is 0 Å². The van der Waals surface area contributed by atoms with E-state index in [0.29, 0.717) is 12.8 Å². The van der Waals surface area contributed by atoms with Crippen molar-refractivity contribution < 1.29 is 21.9 Å². The molecule has 144 valence electrons. The molecule has 0 heterocycles. The summed E-state index contributed by atoms with van der Waals surface area (Å²) in [6.07, 6.45) is 5.39. The van der Waals surface area contributed by atoms with Gasteiger partial charge in [0.15, 0.2) is 0 Å². The van der Waals surface area contributed by atoms with Gasteiger partial charge >= 0.3 is 15.9 Å². The first-order chi connectivity index (χ1) is 11.7. The average Bonchev–Trinajstić information content (AvgIpc) is 2.60. The molecule has 0 saturated heterocycles. The third kappa shape index (κ3) is 6.08. The van der Waals surface area contributed by atoms with Crippen LogP contribution in [0.3, 0.4) is 0 Å². The molecule has 0 fully saturated rings. The van der Waals surface area contributed by atoms with Crippen LogP contribution in [0.25, 0.3) is 0 Å². The molecule has 0 spiro atoms. The largest absolute Gasteiger partial charge is 0.353 e. The quantitative estimate of drug-likeness (QED) is 0.397. The number of nitrogens with zero attached hydrogens (tertiary/aromatic N) is 1. The van der Waals surface area contributed by atoms with Crippen molar-refractivity contribution in [2.75, 3.05) is 19.6 Å². The number of carbonyl (C=O) groups is 2. The topological polar surface area (TPSA) is 80.3 Å². The summed E-state index contributed by atoms with van der Waals surface area (Å²) in [5, 5.41) is 1.83. The molecule has 0 bridgehead atoms. The zero-order valence-corrected chi connectivity index (χ0v) is 16.6. The Bertz CT molecular complexity index is 562. The number of unbranched alkanes of at least 4 members (excludes halogenated alkanes) is 2. The van der Waals surface area contributed by atoms with Gasteiger partial charge in [0, 0.05) is 12.6 Å². The van der Waals surface area contributed by atoms with Gasteiger partial charge in [0.05, 0.1) is 0 Å². The number of sulfonamides is 1. The molecule has 0 aromatic rings. The first-order valence-corrected chi connectivity index (χ1v) is 10.4. The Balaban J connectivity index is 5.60.